The Labute approximate surface area is 259 Å². The number of hydrogen-bond acceptors (Lipinski definition) is 7. The summed E-state index contributed by atoms with van der Waals surface area (Å²) in [5, 5.41) is 0.727. The predicted molar refractivity (Wildman–Crippen MR) is 166 cm³/mol. The zero-order valence-electron chi connectivity index (χ0n) is 25.1. The molecule has 9 nitrogen and oxygen atoms in total. The summed E-state index contributed by atoms with van der Waals surface area (Å²) in [7, 11) is 2.08. The van der Waals surface area contributed by atoms with Crippen LogP contribution in [0.4, 0.5) is 14.6 Å². The number of amides is 1. The van der Waals surface area contributed by atoms with Gasteiger partial charge in [0.25, 0.3) is 0 Å². The highest BCUT2D eigenvalue weighted by Gasteiger charge is 2.36. The Morgan fingerprint density at radius 1 is 1.18 bits per heavy atom. The molecule has 3 aromatic rings. The van der Waals surface area contributed by atoms with Crippen molar-refractivity contribution in [2.75, 3.05) is 51.4 Å². The molecule has 3 aliphatic rings. The third kappa shape index (κ3) is 5.35. The molecule has 12 heteroatoms. The van der Waals surface area contributed by atoms with Crippen LogP contribution in [-0.4, -0.2) is 89.9 Å². The monoisotopic (exact) mass is 627 g/mol. The lowest BCUT2D eigenvalue weighted by Crippen LogP contribution is -2.58. The molecule has 2 aromatic carbocycles. The number of nitrogens with zero attached hydrogens (tertiary/aromatic N) is 5. The second kappa shape index (κ2) is 12.1. The molecule has 4 heterocycles. The van der Waals surface area contributed by atoms with Crippen molar-refractivity contribution in [3.8, 4) is 16.9 Å². The van der Waals surface area contributed by atoms with Crippen LogP contribution >= 0.6 is 11.6 Å². The number of anilines is 1. The van der Waals surface area contributed by atoms with Crippen molar-refractivity contribution in [2.24, 2.45) is 0 Å². The molecule has 4 atom stereocenters. The van der Waals surface area contributed by atoms with Gasteiger partial charge < -0.3 is 24.2 Å². The van der Waals surface area contributed by atoms with Gasteiger partial charge in [0.1, 0.15) is 24.1 Å². The third-order valence-corrected chi connectivity index (χ3v) is 9.39. The predicted octanol–water partition coefficient (Wildman–Crippen LogP) is 4.65. The van der Waals surface area contributed by atoms with Crippen LogP contribution in [0.25, 0.3) is 22.0 Å². The number of likely N-dealkylation sites (tertiary alicyclic amines) is 1. The zero-order chi connectivity index (χ0) is 31.3. The molecule has 2 fully saturated rings. The number of aromatic nitrogens is 2. The summed E-state index contributed by atoms with van der Waals surface area (Å²) >= 11 is 6.85. The summed E-state index contributed by atoms with van der Waals surface area (Å²) in [6.07, 6.45) is 3.47. The maximum atomic E-state index is 15.1. The maximum absolute atomic E-state index is 15.1. The van der Waals surface area contributed by atoms with Crippen LogP contribution in [0.1, 0.15) is 32.7 Å². The molecular formula is C32H36ClF2N5O4. The zero-order valence-corrected chi connectivity index (χ0v) is 25.8. The lowest BCUT2D eigenvalue weighted by molar-refractivity contribution is -0.128. The van der Waals surface area contributed by atoms with Crippen molar-refractivity contribution in [1.82, 2.24) is 19.4 Å². The molecule has 234 valence electrons. The average molecular weight is 628 g/mol. The molecule has 0 N–H and O–H groups in total. The highest BCUT2D eigenvalue weighted by atomic mass is 35.5. The van der Waals surface area contributed by atoms with Crippen LogP contribution in [0, 0.1) is 11.6 Å². The lowest BCUT2D eigenvalue weighted by atomic mass is 9.99. The van der Waals surface area contributed by atoms with E-state index in [0.717, 1.165) is 31.5 Å². The molecule has 1 aromatic heterocycles. The van der Waals surface area contributed by atoms with Crippen molar-refractivity contribution < 1.29 is 23.0 Å². The Kier molecular flexibility index (Phi) is 8.38. The van der Waals surface area contributed by atoms with Crippen molar-refractivity contribution in [1.29, 1.82) is 0 Å². The Balaban J connectivity index is 1.47. The number of benzene rings is 2. The van der Waals surface area contributed by atoms with E-state index in [1.807, 2.05) is 18.7 Å². The number of ether oxygens (including phenoxy) is 2. The van der Waals surface area contributed by atoms with Gasteiger partial charge in [-0.1, -0.05) is 18.2 Å². The van der Waals surface area contributed by atoms with Gasteiger partial charge in [0.05, 0.1) is 29.8 Å². The molecule has 1 amide bonds. The molecule has 44 heavy (non-hydrogen) atoms. The molecule has 0 radical (unpaired) electrons. The summed E-state index contributed by atoms with van der Waals surface area (Å²) in [5.41, 5.74) is 0.214. The Morgan fingerprint density at radius 2 is 1.95 bits per heavy atom. The van der Waals surface area contributed by atoms with Crippen molar-refractivity contribution >= 4 is 34.2 Å². The molecule has 0 bridgehead atoms. The number of carbonyl (C=O) groups is 1. The van der Waals surface area contributed by atoms with Crippen LogP contribution in [0.15, 0.2) is 41.7 Å². The highest BCUT2D eigenvalue weighted by Crippen LogP contribution is 2.47. The first-order valence-electron chi connectivity index (χ1n) is 14.9. The van der Waals surface area contributed by atoms with E-state index in [9.17, 15) is 14.0 Å². The molecular weight excluding hydrogens is 592 g/mol. The van der Waals surface area contributed by atoms with Gasteiger partial charge >= 0.3 is 5.69 Å². The first kappa shape index (κ1) is 30.5. The van der Waals surface area contributed by atoms with Crippen molar-refractivity contribution in [2.45, 2.75) is 50.9 Å². The van der Waals surface area contributed by atoms with Crippen molar-refractivity contribution in [3.63, 3.8) is 0 Å². The van der Waals surface area contributed by atoms with E-state index in [1.165, 1.54) is 12.1 Å². The molecule has 1 unspecified atom stereocenters. The fourth-order valence-electron chi connectivity index (χ4n) is 6.72. The largest absolute Gasteiger partial charge is 0.488 e. The van der Waals surface area contributed by atoms with E-state index < -0.39 is 23.4 Å². The van der Waals surface area contributed by atoms with E-state index in [1.54, 1.807) is 15.5 Å². The fourth-order valence-corrected chi connectivity index (χ4v) is 7.02. The quantitative estimate of drug-likeness (QED) is 0.353. The number of likely N-dealkylation sites (N-methyl/N-ethyl adjacent to an activating group) is 1. The lowest BCUT2D eigenvalue weighted by Gasteiger charge is -2.45. The van der Waals surface area contributed by atoms with Gasteiger partial charge in [0, 0.05) is 53.8 Å². The van der Waals surface area contributed by atoms with Gasteiger partial charge in [0.2, 0.25) is 5.91 Å². The standard InChI is InChI=1S/C32H36ClF2N5O4/c1-5-27(41)38-13-19(3)39(14-18(38)2)31-24-12-25(33)28(23-9-8-20(34)11-26(23)35)30-29(24)40(32(42)36-31)22(17-44-30)16-43-15-21-7-6-10-37(21)4/h5,8-9,11-12,18-19,21-22H,1,6-7,10,13-17H2,2-4H3/t18-,19+,21?,22+/m1/s1. The minimum absolute atomic E-state index is 0.0585. The Hall–Kier alpha value is -3.54. The molecule has 0 saturated carbocycles. The van der Waals surface area contributed by atoms with E-state index >= 15 is 4.39 Å². The molecule has 3 aliphatic heterocycles. The van der Waals surface area contributed by atoms with Crippen LogP contribution in [0.5, 0.6) is 5.75 Å². The number of piperazine rings is 1. The summed E-state index contributed by atoms with van der Waals surface area (Å²) in [5.74, 6) is -1.05. The first-order chi connectivity index (χ1) is 21.1. The van der Waals surface area contributed by atoms with Crippen LogP contribution in [0.2, 0.25) is 5.02 Å². The van der Waals surface area contributed by atoms with Gasteiger partial charge in [-0.3, -0.25) is 9.36 Å². The van der Waals surface area contributed by atoms with Gasteiger partial charge in [-0.25, -0.2) is 13.6 Å². The number of carbonyl (C=O) groups excluding carboxylic acids is 1. The normalized spacial score (nSPS) is 23.7. The molecule has 0 aliphatic carbocycles. The summed E-state index contributed by atoms with van der Waals surface area (Å²) in [6.45, 7) is 10.2. The van der Waals surface area contributed by atoms with Crippen LogP contribution in [0.3, 0.4) is 0 Å². The smallest absolute Gasteiger partial charge is 0.350 e. The minimum Gasteiger partial charge on any atom is -0.488 e. The average Bonchev–Trinajstić information content (AvgIpc) is 3.40. The van der Waals surface area contributed by atoms with E-state index in [2.05, 4.69) is 23.5 Å². The fraction of sp³-hybridized carbons (Fsp3) is 0.469. The maximum Gasteiger partial charge on any atom is 0.350 e. The van der Waals surface area contributed by atoms with Crippen LogP contribution in [-0.2, 0) is 9.53 Å². The minimum atomic E-state index is -0.800. The second-order valence-corrected chi connectivity index (χ2v) is 12.4. The SMILES string of the molecule is C=CC(=O)N1C[C@H](C)N(c2nc(=O)n3c4c(c(-c5ccc(F)cc5F)c(Cl)cc24)OC[C@@H]3COCC2CCCN2C)C[C@H]1C. The summed E-state index contributed by atoms with van der Waals surface area (Å²) in [6, 6.07) is 4.37. The molecule has 6 rings (SSSR count). The van der Waals surface area contributed by atoms with Gasteiger partial charge in [-0.15, -0.1) is 0 Å². The number of halogens is 3. The summed E-state index contributed by atoms with van der Waals surface area (Å²) < 4.78 is 43.0. The van der Waals surface area contributed by atoms with Gasteiger partial charge in [-0.05, 0) is 64.6 Å². The molecule has 0 spiro atoms. The first-order valence-corrected chi connectivity index (χ1v) is 15.3. The van der Waals surface area contributed by atoms with Crippen molar-refractivity contribution in [3.05, 3.63) is 64.1 Å². The topological polar surface area (TPSA) is 80.1 Å². The van der Waals surface area contributed by atoms with E-state index in [4.69, 9.17) is 21.1 Å². The summed E-state index contributed by atoms with van der Waals surface area (Å²) in [4.78, 5) is 37.0. The van der Waals surface area contributed by atoms with E-state index in [-0.39, 0.29) is 53.1 Å². The van der Waals surface area contributed by atoms with E-state index in [0.29, 0.717) is 42.5 Å². The van der Waals surface area contributed by atoms with Gasteiger partial charge in [-0.2, -0.15) is 4.98 Å². The Morgan fingerprint density at radius 3 is 2.66 bits per heavy atom. The highest BCUT2D eigenvalue weighted by molar-refractivity contribution is 6.35. The second-order valence-electron chi connectivity index (χ2n) is 12.0. The number of rotatable bonds is 7. The van der Waals surface area contributed by atoms with Crippen LogP contribution < -0.4 is 15.3 Å². The Bertz CT molecular complexity index is 1680. The number of hydrogen-bond donors (Lipinski definition) is 0. The molecule has 2 saturated heterocycles. The third-order valence-electron chi connectivity index (χ3n) is 9.09. The van der Waals surface area contributed by atoms with Gasteiger partial charge in [0.15, 0.2) is 5.75 Å².